The van der Waals surface area contributed by atoms with Crippen LogP contribution >= 0.6 is 0 Å². The van der Waals surface area contributed by atoms with Crippen molar-refractivity contribution in [1.82, 2.24) is 15.3 Å². The normalized spacial score (nSPS) is 13.5. The van der Waals surface area contributed by atoms with Gasteiger partial charge in [-0.3, -0.25) is 0 Å². The standard InChI is InChI=1S/C29H29F2N5/c1-4-8-20(18-15-19(5-2)34-26(33)16-18)24(6-3)35-28(17-11-12-17)29-23(32)13-14-25(36-29)27-21(30)9-7-10-22(27)31/h4,6-10,13-16,35H,3,5,11-12,32H2,1-2H3,(H2,33,34)/b8-4-,24-20-. The van der Waals surface area contributed by atoms with Crippen molar-refractivity contribution in [3.05, 3.63) is 107 Å². The van der Waals surface area contributed by atoms with E-state index in [4.69, 9.17) is 11.5 Å². The Kier molecular flexibility index (Phi) is 7.29. The van der Waals surface area contributed by atoms with Crippen LogP contribution in [0.5, 0.6) is 0 Å². The van der Waals surface area contributed by atoms with E-state index in [1.165, 1.54) is 24.3 Å². The maximum absolute atomic E-state index is 14.5. The Morgan fingerprint density at radius 2 is 1.81 bits per heavy atom. The van der Waals surface area contributed by atoms with Crippen molar-refractivity contribution < 1.29 is 8.78 Å². The third-order valence-corrected chi connectivity index (χ3v) is 5.89. The van der Waals surface area contributed by atoms with Crippen molar-refractivity contribution in [2.75, 3.05) is 11.5 Å². The summed E-state index contributed by atoms with van der Waals surface area (Å²) in [7, 11) is 0. The number of anilines is 2. The van der Waals surface area contributed by atoms with Gasteiger partial charge in [0.05, 0.1) is 22.6 Å². The van der Waals surface area contributed by atoms with Crippen LogP contribution < -0.4 is 16.8 Å². The van der Waals surface area contributed by atoms with E-state index in [0.717, 1.165) is 47.4 Å². The number of allylic oxidation sites excluding steroid dienone is 5. The number of nitrogens with one attached hydrogen (secondary N) is 1. The summed E-state index contributed by atoms with van der Waals surface area (Å²) in [5.74, 6) is -0.937. The zero-order valence-corrected chi connectivity index (χ0v) is 20.4. The summed E-state index contributed by atoms with van der Waals surface area (Å²) in [5, 5.41) is 3.47. The molecule has 0 atom stereocenters. The summed E-state index contributed by atoms with van der Waals surface area (Å²) in [6.07, 6.45) is 8.10. The van der Waals surface area contributed by atoms with E-state index in [9.17, 15) is 8.78 Å². The highest BCUT2D eigenvalue weighted by molar-refractivity contribution is 5.84. The third kappa shape index (κ3) is 5.20. The molecule has 0 spiro atoms. The fourth-order valence-corrected chi connectivity index (χ4v) is 4.00. The molecule has 0 saturated heterocycles. The molecule has 5 N–H and O–H groups in total. The molecule has 2 aromatic heterocycles. The number of benzene rings is 1. The Labute approximate surface area is 210 Å². The summed E-state index contributed by atoms with van der Waals surface area (Å²) in [5.41, 5.74) is 18.4. The van der Waals surface area contributed by atoms with Gasteiger partial charge in [0.1, 0.15) is 23.1 Å². The van der Waals surface area contributed by atoms with Crippen LogP contribution in [0.25, 0.3) is 22.5 Å². The van der Waals surface area contributed by atoms with Crippen LogP contribution in [-0.2, 0) is 6.42 Å². The molecule has 0 radical (unpaired) electrons. The zero-order chi connectivity index (χ0) is 25.8. The van der Waals surface area contributed by atoms with Gasteiger partial charge in [0.15, 0.2) is 0 Å². The summed E-state index contributed by atoms with van der Waals surface area (Å²) in [4.78, 5) is 8.98. The zero-order valence-electron chi connectivity index (χ0n) is 20.4. The molecule has 4 rings (SSSR count). The quantitative estimate of drug-likeness (QED) is 0.321. The van der Waals surface area contributed by atoms with Crippen molar-refractivity contribution in [1.29, 1.82) is 0 Å². The summed E-state index contributed by atoms with van der Waals surface area (Å²) in [6.45, 7) is 7.97. The van der Waals surface area contributed by atoms with E-state index in [-0.39, 0.29) is 11.3 Å². The van der Waals surface area contributed by atoms with E-state index in [2.05, 4.69) is 21.9 Å². The van der Waals surface area contributed by atoms with Gasteiger partial charge in [-0.15, -0.1) is 0 Å². The number of hydrogen-bond donors (Lipinski definition) is 3. The largest absolute Gasteiger partial charge is 0.397 e. The topological polar surface area (TPSA) is 89.8 Å². The van der Waals surface area contributed by atoms with E-state index in [1.54, 1.807) is 12.1 Å². The molecule has 5 nitrogen and oxygen atoms in total. The van der Waals surface area contributed by atoms with Crippen molar-refractivity contribution in [3.8, 4) is 11.3 Å². The van der Waals surface area contributed by atoms with Gasteiger partial charge in [-0.05, 0) is 79.8 Å². The summed E-state index contributed by atoms with van der Waals surface area (Å²) < 4.78 is 29.0. The van der Waals surface area contributed by atoms with Gasteiger partial charge in [0, 0.05) is 17.0 Å². The van der Waals surface area contributed by atoms with E-state index in [0.29, 0.717) is 22.9 Å². The Hall–Kier alpha value is -4.26. The molecule has 1 fully saturated rings. The molecule has 1 aliphatic rings. The molecule has 0 bridgehead atoms. The minimum atomic E-state index is -0.684. The van der Waals surface area contributed by atoms with Crippen LogP contribution in [0.3, 0.4) is 0 Å². The second-order valence-corrected chi connectivity index (χ2v) is 8.49. The van der Waals surface area contributed by atoms with Crippen molar-refractivity contribution >= 4 is 22.8 Å². The first-order valence-electron chi connectivity index (χ1n) is 11.8. The van der Waals surface area contributed by atoms with Gasteiger partial charge < -0.3 is 16.8 Å². The Morgan fingerprint density at radius 3 is 2.42 bits per heavy atom. The number of hydrogen-bond acceptors (Lipinski definition) is 5. The third-order valence-electron chi connectivity index (χ3n) is 5.89. The number of nitrogens with two attached hydrogens (primary N) is 2. The molecule has 1 aromatic carbocycles. The highest BCUT2D eigenvalue weighted by Gasteiger charge is 2.24. The van der Waals surface area contributed by atoms with Gasteiger partial charge in [0.25, 0.3) is 0 Å². The molecule has 1 aliphatic carbocycles. The number of aryl methyl sites for hydroxylation is 1. The first-order chi connectivity index (χ1) is 17.4. The van der Waals surface area contributed by atoms with E-state index < -0.39 is 11.6 Å². The van der Waals surface area contributed by atoms with Crippen LogP contribution in [0.15, 0.2) is 78.5 Å². The van der Waals surface area contributed by atoms with Gasteiger partial charge >= 0.3 is 0 Å². The van der Waals surface area contributed by atoms with Crippen LogP contribution in [0.4, 0.5) is 20.3 Å². The van der Waals surface area contributed by atoms with Crippen molar-refractivity contribution in [3.63, 3.8) is 0 Å². The Morgan fingerprint density at radius 1 is 1.08 bits per heavy atom. The highest BCUT2D eigenvalue weighted by Crippen LogP contribution is 2.38. The minimum absolute atomic E-state index is 0.169. The van der Waals surface area contributed by atoms with Crippen molar-refractivity contribution in [2.24, 2.45) is 0 Å². The van der Waals surface area contributed by atoms with Gasteiger partial charge in [-0.1, -0.05) is 31.7 Å². The van der Waals surface area contributed by atoms with E-state index in [1.807, 2.05) is 38.1 Å². The molecule has 0 aliphatic heterocycles. The van der Waals surface area contributed by atoms with Gasteiger partial charge in [0.2, 0.25) is 0 Å². The Balaban J connectivity index is 1.84. The average molecular weight is 486 g/mol. The molecule has 184 valence electrons. The number of nitrogens with zero attached hydrogens (tertiary/aromatic N) is 2. The lowest BCUT2D eigenvalue weighted by molar-refractivity contribution is 0.588. The molecule has 0 amide bonds. The van der Waals surface area contributed by atoms with Crippen LogP contribution in [0, 0.1) is 11.6 Å². The first kappa shape index (κ1) is 24.9. The maximum Gasteiger partial charge on any atom is 0.135 e. The number of nitrogen functional groups attached to an aromatic ring is 2. The average Bonchev–Trinajstić information content (AvgIpc) is 3.70. The molecule has 0 unspecified atom stereocenters. The van der Waals surface area contributed by atoms with Gasteiger partial charge in [-0.25, -0.2) is 18.7 Å². The van der Waals surface area contributed by atoms with Crippen molar-refractivity contribution in [2.45, 2.75) is 33.1 Å². The first-order valence-corrected chi connectivity index (χ1v) is 11.8. The maximum atomic E-state index is 14.5. The minimum Gasteiger partial charge on any atom is -0.397 e. The molecule has 36 heavy (non-hydrogen) atoms. The number of halogens is 2. The second kappa shape index (κ2) is 10.6. The second-order valence-electron chi connectivity index (χ2n) is 8.49. The fourth-order valence-electron chi connectivity index (χ4n) is 4.00. The lowest BCUT2D eigenvalue weighted by atomic mass is 10.0. The summed E-state index contributed by atoms with van der Waals surface area (Å²) in [6, 6.07) is 10.7. The lowest BCUT2D eigenvalue weighted by Gasteiger charge is -2.18. The van der Waals surface area contributed by atoms with Crippen LogP contribution in [-0.4, -0.2) is 9.97 Å². The summed E-state index contributed by atoms with van der Waals surface area (Å²) >= 11 is 0. The molecular formula is C29H29F2N5. The number of aromatic nitrogens is 2. The number of pyridine rings is 2. The predicted molar refractivity (Wildman–Crippen MR) is 143 cm³/mol. The predicted octanol–water partition coefficient (Wildman–Crippen LogP) is 6.42. The monoisotopic (exact) mass is 485 g/mol. The Bertz CT molecular complexity index is 1390. The van der Waals surface area contributed by atoms with Crippen LogP contribution in [0.2, 0.25) is 0 Å². The van der Waals surface area contributed by atoms with E-state index >= 15 is 0 Å². The lowest BCUT2D eigenvalue weighted by Crippen LogP contribution is -2.15. The SMILES string of the molecule is C=C/C(NC(=C1CC1)c1nc(-c2c(F)cccc2F)ccc1N)=C(\C=C/C)c1cc(N)nc(CC)c1. The highest BCUT2D eigenvalue weighted by atomic mass is 19.1. The molecule has 7 heteroatoms. The molecule has 3 aromatic rings. The molecular weight excluding hydrogens is 456 g/mol. The fraction of sp³-hybridized carbons (Fsp3) is 0.172. The van der Waals surface area contributed by atoms with Crippen LogP contribution in [0.1, 0.15) is 43.6 Å². The van der Waals surface area contributed by atoms with Gasteiger partial charge in [-0.2, -0.15) is 0 Å². The molecule has 1 saturated carbocycles. The smallest absolute Gasteiger partial charge is 0.135 e. The molecule has 2 heterocycles. The number of rotatable bonds is 8.